The van der Waals surface area contributed by atoms with Gasteiger partial charge in [-0.25, -0.2) is 9.98 Å². The smallest absolute Gasteiger partial charge is 0.250 e. The number of allylic oxidation sites excluding steroid dienone is 4. The van der Waals surface area contributed by atoms with Gasteiger partial charge in [0, 0.05) is 46.2 Å². The molecule has 0 atom stereocenters. The molecule has 0 spiro atoms. The van der Waals surface area contributed by atoms with Crippen LogP contribution in [0.4, 0.5) is 11.5 Å². The minimum atomic E-state index is -0.671. The number of amides is 1. The van der Waals surface area contributed by atoms with Crippen molar-refractivity contribution in [3.8, 4) is 0 Å². The van der Waals surface area contributed by atoms with Gasteiger partial charge in [-0.1, -0.05) is 32.1 Å². The van der Waals surface area contributed by atoms with Crippen LogP contribution >= 0.6 is 0 Å². The first-order chi connectivity index (χ1) is 19.1. The zero-order chi connectivity index (χ0) is 29.8. The molecule has 0 saturated heterocycles. The van der Waals surface area contributed by atoms with Crippen LogP contribution in [0.15, 0.2) is 81.8 Å². The number of aliphatic imine (C=N–C) groups is 2. The average Bonchev–Trinajstić information content (AvgIpc) is 2.91. The Morgan fingerprint density at radius 2 is 1.80 bits per heavy atom. The number of nitrogens with zero attached hydrogens (tertiary/aromatic N) is 3. The van der Waals surface area contributed by atoms with Crippen molar-refractivity contribution >= 4 is 40.7 Å². The van der Waals surface area contributed by atoms with Crippen LogP contribution in [-0.2, 0) is 4.79 Å². The van der Waals surface area contributed by atoms with Gasteiger partial charge in [0.15, 0.2) is 0 Å². The van der Waals surface area contributed by atoms with E-state index in [9.17, 15) is 4.79 Å². The van der Waals surface area contributed by atoms with Crippen molar-refractivity contribution < 1.29 is 4.79 Å². The first-order valence-corrected chi connectivity index (χ1v) is 13.1. The molecule has 9 nitrogen and oxygen atoms in total. The zero-order valence-corrected chi connectivity index (χ0v) is 24.2. The molecule has 0 bridgehead atoms. The van der Waals surface area contributed by atoms with E-state index in [0.717, 1.165) is 23.9 Å². The summed E-state index contributed by atoms with van der Waals surface area (Å²) >= 11 is 0. The van der Waals surface area contributed by atoms with Gasteiger partial charge in [-0.05, 0) is 76.5 Å². The summed E-state index contributed by atoms with van der Waals surface area (Å²) in [4.78, 5) is 26.5. The quantitative estimate of drug-likeness (QED) is 0.102. The van der Waals surface area contributed by atoms with Gasteiger partial charge in [-0.3, -0.25) is 9.79 Å². The second-order valence-corrected chi connectivity index (χ2v) is 9.03. The number of primary amides is 1. The summed E-state index contributed by atoms with van der Waals surface area (Å²) < 4.78 is 0. The molecule has 0 aliphatic heterocycles. The SMILES string of the molecule is C\C=C/C(C)=N\C(=C\CC)Nc1ncccc1C(C)=N/C(=C(N)\C(=C\CC)C(N)=O)c1c(C)ccc(N)c1C=N. The highest BCUT2D eigenvalue weighted by atomic mass is 16.1. The number of pyridine rings is 1. The molecule has 0 fully saturated rings. The van der Waals surface area contributed by atoms with Gasteiger partial charge >= 0.3 is 0 Å². The largest absolute Gasteiger partial charge is 0.398 e. The molecule has 0 unspecified atom stereocenters. The number of carbonyl (C=O) groups excluding carboxylic acids is 1. The maximum atomic E-state index is 12.4. The Kier molecular flexibility index (Phi) is 11.8. The Balaban J connectivity index is 2.85. The minimum Gasteiger partial charge on any atom is -0.398 e. The van der Waals surface area contributed by atoms with E-state index in [-0.39, 0.29) is 11.3 Å². The number of carbonyl (C=O) groups is 1. The van der Waals surface area contributed by atoms with Crippen LogP contribution in [0.1, 0.15) is 69.7 Å². The highest BCUT2D eigenvalue weighted by molar-refractivity contribution is 6.08. The van der Waals surface area contributed by atoms with Crippen LogP contribution in [0.25, 0.3) is 5.70 Å². The maximum Gasteiger partial charge on any atom is 0.250 e. The summed E-state index contributed by atoms with van der Waals surface area (Å²) in [7, 11) is 0. The molecule has 8 N–H and O–H groups in total. The number of hydrogen-bond donors (Lipinski definition) is 5. The lowest BCUT2D eigenvalue weighted by atomic mass is 9.94. The van der Waals surface area contributed by atoms with E-state index in [4.69, 9.17) is 27.6 Å². The summed E-state index contributed by atoms with van der Waals surface area (Å²) in [5.41, 5.74) is 23.4. The molecule has 0 aliphatic rings. The van der Waals surface area contributed by atoms with Crippen molar-refractivity contribution in [2.45, 2.75) is 54.4 Å². The molecule has 1 aromatic carbocycles. The summed E-state index contributed by atoms with van der Waals surface area (Å²) in [5.74, 6) is 0.532. The van der Waals surface area contributed by atoms with Crippen molar-refractivity contribution in [2.75, 3.05) is 11.1 Å². The van der Waals surface area contributed by atoms with Crippen molar-refractivity contribution in [3.05, 3.63) is 94.1 Å². The Hall–Kier alpha value is -4.79. The number of anilines is 2. The number of benzene rings is 1. The first-order valence-electron chi connectivity index (χ1n) is 13.1. The predicted molar refractivity (Wildman–Crippen MR) is 169 cm³/mol. The van der Waals surface area contributed by atoms with E-state index < -0.39 is 5.91 Å². The van der Waals surface area contributed by atoms with Gasteiger partial charge < -0.3 is 27.9 Å². The molecular formula is C31H40N8O. The van der Waals surface area contributed by atoms with Gasteiger partial charge in [0.2, 0.25) is 0 Å². The third-order valence-electron chi connectivity index (χ3n) is 5.91. The molecule has 40 heavy (non-hydrogen) atoms. The Labute approximate surface area is 236 Å². The van der Waals surface area contributed by atoms with Gasteiger partial charge in [-0.15, -0.1) is 0 Å². The average molecular weight is 541 g/mol. The van der Waals surface area contributed by atoms with Crippen LogP contribution in [0.3, 0.4) is 0 Å². The topological polar surface area (TPSA) is 169 Å². The molecule has 0 aliphatic carbocycles. The molecule has 2 rings (SSSR count). The van der Waals surface area contributed by atoms with Crippen molar-refractivity contribution in [3.63, 3.8) is 0 Å². The third kappa shape index (κ3) is 7.86. The highest BCUT2D eigenvalue weighted by Crippen LogP contribution is 2.32. The lowest BCUT2D eigenvalue weighted by Gasteiger charge is -2.18. The van der Waals surface area contributed by atoms with Crippen LogP contribution in [0.2, 0.25) is 0 Å². The van der Waals surface area contributed by atoms with E-state index in [1.165, 1.54) is 0 Å². The number of rotatable bonds is 12. The highest BCUT2D eigenvalue weighted by Gasteiger charge is 2.21. The molecule has 1 heterocycles. The number of hydrogen-bond acceptors (Lipinski definition) is 8. The number of aryl methyl sites for hydroxylation is 1. The maximum absolute atomic E-state index is 12.4. The molecule has 2 aromatic rings. The van der Waals surface area contributed by atoms with Gasteiger partial charge in [0.25, 0.3) is 5.91 Å². The molecule has 0 radical (unpaired) electrons. The van der Waals surface area contributed by atoms with E-state index in [1.807, 2.05) is 78.0 Å². The molecule has 1 aromatic heterocycles. The number of nitrogen functional groups attached to an aromatic ring is 1. The third-order valence-corrected chi connectivity index (χ3v) is 5.91. The van der Waals surface area contributed by atoms with Gasteiger partial charge in [-0.2, -0.15) is 0 Å². The fourth-order valence-electron chi connectivity index (χ4n) is 4.07. The fraction of sp³-hybridized carbons (Fsp3) is 0.258. The lowest BCUT2D eigenvalue weighted by Crippen LogP contribution is -2.21. The molecule has 210 valence electrons. The van der Waals surface area contributed by atoms with E-state index in [1.54, 1.807) is 18.3 Å². The van der Waals surface area contributed by atoms with Crippen LogP contribution in [0.5, 0.6) is 0 Å². The minimum absolute atomic E-state index is 0.0991. The molecule has 1 amide bonds. The summed E-state index contributed by atoms with van der Waals surface area (Å²) in [6.45, 7) is 11.5. The lowest BCUT2D eigenvalue weighted by molar-refractivity contribution is -0.114. The number of nitrogens with one attached hydrogen (secondary N) is 2. The Morgan fingerprint density at radius 1 is 1.10 bits per heavy atom. The summed E-state index contributed by atoms with van der Waals surface area (Å²) in [5, 5.41) is 11.4. The van der Waals surface area contributed by atoms with Crippen molar-refractivity contribution in [1.29, 1.82) is 5.41 Å². The Bertz CT molecular complexity index is 1440. The van der Waals surface area contributed by atoms with E-state index in [2.05, 4.69) is 15.3 Å². The van der Waals surface area contributed by atoms with Crippen molar-refractivity contribution in [1.82, 2.24) is 4.98 Å². The van der Waals surface area contributed by atoms with Crippen LogP contribution in [-0.4, -0.2) is 28.5 Å². The van der Waals surface area contributed by atoms with Gasteiger partial charge in [0.1, 0.15) is 11.6 Å². The van der Waals surface area contributed by atoms with E-state index >= 15 is 0 Å². The Morgan fingerprint density at radius 3 is 2.40 bits per heavy atom. The number of nitrogens with two attached hydrogens (primary N) is 3. The van der Waals surface area contributed by atoms with Gasteiger partial charge in [0.05, 0.1) is 17.0 Å². The summed E-state index contributed by atoms with van der Waals surface area (Å²) in [6, 6.07) is 7.24. The fourth-order valence-corrected chi connectivity index (χ4v) is 4.07. The second kappa shape index (κ2) is 15.0. The van der Waals surface area contributed by atoms with Crippen LogP contribution < -0.4 is 22.5 Å². The van der Waals surface area contributed by atoms with Crippen molar-refractivity contribution in [2.24, 2.45) is 21.5 Å². The summed E-state index contributed by atoms with van der Waals surface area (Å²) in [6.07, 6.45) is 11.6. The monoisotopic (exact) mass is 540 g/mol. The molecular weight excluding hydrogens is 500 g/mol. The zero-order valence-electron chi connectivity index (χ0n) is 24.2. The molecule has 0 saturated carbocycles. The van der Waals surface area contributed by atoms with Crippen LogP contribution in [0, 0.1) is 12.3 Å². The first kappa shape index (κ1) is 31.4. The second-order valence-electron chi connectivity index (χ2n) is 9.03. The normalized spacial score (nSPS) is 13.8. The predicted octanol–water partition coefficient (Wildman–Crippen LogP) is 5.63. The molecule has 9 heteroatoms. The van der Waals surface area contributed by atoms with E-state index in [0.29, 0.717) is 51.8 Å². The number of aromatic nitrogens is 1. The standard InChI is InChI=1S/C31H40N8O/c1-7-11-20(5)37-26(13-9-3)39-31-22(14-10-17-36-31)21(6)38-29(28(34)23(12-8-2)30(35)40)27-19(4)15-16-25(33)24(27)18-32/h7,10-18,32H,8-9,33-34H2,1-6H3,(H2,35,40)(H,36,39)/b11-7-,23-12-,26-13-,29-28+,32-18?,37-20-,38-21?.